The fourth-order valence-corrected chi connectivity index (χ4v) is 3.17. The lowest BCUT2D eigenvalue weighted by Crippen LogP contribution is -2.48. The summed E-state index contributed by atoms with van der Waals surface area (Å²) in [4.78, 5) is 12.5. The lowest BCUT2D eigenvalue weighted by atomic mass is 9.95. The molecule has 5 nitrogen and oxygen atoms in total. The van der Waals surface area contributed by atoms with Gasteiger partial charge in [0.2, 0.25) is 0 Å². The zero-order valence-electron chi connectivity index (χ0n) is 13.6. The predicted molar refractivity (Wildman–Crippen MR) is 97.0 cm³/mol. The van der Waals surface area contributed by atoms with Gasteiger partial charge in [0, 0.05) is 11.6 Å². The lowest BCUT2D eigenvalue weighted by molar-refractivity contribution is 0.0913. The first-order valence-corrected chi connectivity index (χ1v) is 8.38. The van der Waals surface area contributed by atoms with Gasteiger partial charge in [-0.3, -0.25) is 4.79 Å². The molecule has 0 saturated carbocycles. The fraction of sp³-hybridized carbons (Fsp3) is 0.562. The monoisotopic (exact) mass is 406 g/mol. The molecule has 130 valence electrons. The maximum absolute atomic E-state index is 12.5. The van der Waals surface area contributed by atoms with E-state index in [-0.39, 0.29) is 24.4 Å². The summed E-state index contributed by atoms with van der Waals surface area (Å²) in [6.07, 6.45) is 0.947. The van der Waals surface area contributed by atoms with Crippen LogP contribution in [0.15, 0.2) is 16.6 Å². The van der Waals surface area contributed by atoms with E-state index in [0.717, 1.165) is 24.0 Å². The Morgan fingerprint density at radius 2 is 2.22 bits per heavy atom. The van der Waals surface area contributed by atoms with E-state index in [1.54, 1.807) is 19.2 Å². The number of methoxy groups -OCH3 is 1. The second-order valence-electron chi connectivity index (χ2n) is 5.47. The summed E-state index contributed by atoms with van der Waals surface area (Å²) in [5.74, 6) is 1.52. The molecule has 2 rings (SSSR count). The minimum absolute atomic E-state index is 0. The van der Waals surface area contributed by atoms with Crippen molar-refractivity contribution < 1.29 is 14.3 Å². The largest absolute Gasteiger partial charge is 0.493 e. The van der Waals surface area contributed by atoms with Crippen molar-refractivity contribution in [1.82, 2.24) is 10.6 Å². The van der Waals surface area contributed by atoms with E-state index in [9.17, 15) is 4.79 Å². The highest BCUT2D eigenvalue weighted by Gasteiger charge is 2.24. The number of rotatable bonds is 5. The molecular formula is C16H24BrClN2O3. The summed E-state index contributed by atoms with van der Waals surface area (Å²) in [6, 6.07) is 3.69. The maximum atomic E-state index is 12.5. The van der Waals surface area contributed by atoms with Crippen LogP contribution in [0.2, 0.25) is 0 Å². The van der Waals surface area contributed by atoms with E-state index in [4.69, 9.17) is 9.47 Å². The number of piperidine rings is 1. The molecule has 23 heavy (non-hydrogen) atoms. The molecule has 2 unspecified atom stereocenters. The first-order valence-electron chi connectivity index (χ1n) is 7.58. The zero-order chi connectivity index (χ0) is 16.1. The Morgan fingerprint density at radius 3 is 2.83 bits per heavy atom. The molecule has 1 fully saturated rings. The second-order valence-corrected chi connectivity index (χ2v) is 6.33. The summed E-state index contributed by atoms with van der Waals surface area (Å²) in [7, 11) is 1.57. The molecule has 0 radical (unpaired) electrons. The van der Waals surface area contributed by atoms with Gasteiger partial charge < -0.3 is 20.1 Å². The Morgan fingerprint density at radius 1 is 1.48 bits per heavy atom. The zero-order valence-corrected chi connectivity index (χ0v) is 16.1. The van der Waals surface area contributed by atoms with Gasteiger partial charge in [-0.1, -0.05) is 6.92 Å². The molecular weight excluding hydrogens is 384 g/mol. The highest BCUT2D eigenvalue weighted by molar-refractivity contribution is 9.10. The molecule has 0 bridgehead atoms. The third kappa shape index (κ3) is 4.99. The molecule has 2 N–H and O–H groups in total. The number of ether oxygens (including phenoxy) is 2. The van der Waals surface area contributed by atoms with Crippen LogP contribution in [-0.4, -0.2) is 38.8 Å². The first-order chi connectivity index (χ1) is 10.6. The average molecular weight is 408 g/mol. The standard InChI is InChI=1S/C16H23BrN2O3.ClH/c1-4-22-15-12(17)7-11(8-14(15)21-3)16(20)19-13-5-6-18-9-10(13)2;/h7-8,10,13,18H,4-6,9H2,1-3H3,(H,19,20);1H. The molecule has 1 amide bonds. The van der Waals surface area contributed by atoms with Crippen LogP contribution in [0.25, 0.3) is 0 Å². The summed E-state index contributed by atoms with van der Waals surface area (Å²) in [5.41, 5.74) is 0.568. The van der Waals surface area contributed by atoms with Gasteiger partial charge in [-0.2, -0.15) is 0 Å². The van der Waals surface area contributed by atoms with Crippen LogP contribution in [0.5, 0.6) is 11.5 Å². The molecule has 1 heterocycles. The number of benzene rings is 1. The van der Waals surface area contributed by atoms with Crippen LogP contribution in [0.3, 0.4) is 0 Å². The van der Waals surface area contributed by atoms with Crippen molar-refractivity contribution in [2.75, 3.05) is 26.8 Å². The average Bonchev–Trinajstić information content (AvgIpc) is 2.51. The lowest BCUT2D eigenvalue weighted by Gasteiger charge is -2.30. The Kier molecular flexibility index (Phi) is 8.16. The van der Waals surface area contributed by atoms with E-state index < -0.39 is 0 Å². The SMILES string of the molecule is CCOc1c(Br)cc(C(=O)NC2CCNCC2C)cc1OC.Cl. The van der Waals surface area contributed by atoms with E-state index in [1.807, 2.05) is 6.92 Å². The smallest absolute Gasteiger partial charge is 0.251 e. The normalized spacial score (nSPS) is 20.3. The molecule has 0 spiro atoms. The van der Waals surface area contributed by atoms with Crippen molar-refractivity contribution in [3.63, 3.8) is 0 Å². The number of halogens is 2. The highest BCUT2D eigenvalue weighted by Crippen LogP contribution is 2.36. The van der Waals surface area contributed by atoms with Gasteiger partial charge in [-0.25, -0.2) is 0 Å². The molecule has 1 saturated heterocycles. The van der Waals surface area contributed by atoms with Crippen LogP contribution in [0, 0.1) is 5.92 Å². The van der Waals surface area contributed by atoms with E-state index in [2.05, 4.69) is 33.5 Å². The van der Waals surface area contributed by atoms with Crippen LogP contribution < -0.4 is 20.1 Å². The van der Waals surface area contributed by atoms with Gasteiger partial charge >= 0.3 is 0 Å². The van der Waals surface area contributed by atoms with Crippen molar-refractivity contribution in [2.24, 2.45) is 5.92 Å². The predicted octanol–water partition coefficient (Wildman–Crippen LogP) is 3.01. The minimum Gasteiger partial charge on any atom is -0.493 e. The van der Waals surface area contributed by atoms with Gasteiger partial charge in [-0.05, 0) is 60.4 Å². The number of nitrogens with one attached hydrogen (secondary N) is 2. The Labute approximate surface area is 152 Å². The Balaban J connectivity index is 0.00000264. The van der Waals surface area contributed by atoms with Crippen LogP contribution in [0.4, 0.5) is 0 Å². The van der Waals surface area contributed by atoms with Crippen LogP contribution in [-0.2, 0) is 0 Å². The second kappa shape index (κ2) is 9.35. The molecule has 1 aliphatic rings. The van der Waals surface area contributed by atoms with Gasteiger partial charge in [0.1, 0.15) is 0 Å². The van der Waals surface area contributed by atoms with Crippen molar-refractivity contribution in [3.05, 3.63) is 22.2 Å². The molecule has 0 aliphatic carbocycles. The minimum atomic E-state index is -0.0826. The third-order valence-corrected chi connectivity index (χ3v) is 4.47. The Bertz CT molecular complexity index is 542. The van der Waals surface area contributed by atoms with E-state index in [1.165, 1.54) is 0 Å². The number of carbonyl (C=O) groups excluding carboxylic acids is 1. The summed E-state index contributed by atoms with van der Waals surface area (Å²) in [5, 5.41) is 6.45. The molecule has 0 aromatic heterocycles. The fourth-order valence-electron chi connectivity index (χ4n) is 2.62. The molecule has 1 aromatic rings. The number of carbonyl (C=O) groups is 1. The first kappa shape index (κ1) is 20.1. The van der Waals surface area contributed by atoms with E-state index in [0.29, 0.717) is 29.6 Å². The van der Waals surface area contributed by atoms with Crippen LogP contribution >= 0.6 is 28.3 Å². The molecule has 2 atom stereocenters. The topological polar surface area (TPSA) is 59.6 Å². The molecule has 1 aliphatic heterocycles. The summed E-state index contributed by atoms with van der Waals surface area (Å²) < 4.78 is 11.6. The van der Waals surface area contributed by atoms with Crippen molar-refractivity contribution >= 4 is 34.2 Å². The highest BCUT2D eigenvalue weighted by atomic mass is 79.9. The maximum Gasteiger partial charge on any atom is 0.251 e. The number of amides is 1. The summed E-state index contributed by atoms with van der Waals surface area (Å²) in [6.45, 7) is 6.46. The third-order valence-electron chi connectivity index (χ3n) is 3.88. The van der Waals surface area contributed by atoms with Crippen molar-refractivity contribution in [3.8, 4) is 11.5 Å². The summed E-state index contributed by atoms with van der Waals surface area (Å²) >= 11 is 3.45. The van der Waals surface area contributed by atoms with Crippen LogP contribution in [0.1, 0.15) is 30.6 Å². The quantitative estimate of drug-likeness (QED) is 0.788. The van der Waals surface area contributed by atoms with Crippen molar-refractivity contribution in [2.45, 2.75) is 26.3 Å². The van der Waals surface area contributed by atoms with Crippen molar-refractivity contribution in [1.29, 1.82) is 0 Å². The number of hydrogen-bond donors (Lipinski definition) is 2. The molecule has 7 heteroatoms. The Hall–Kier alpha value is -0.980. The van der Waals surface area contributed by atoms with E-state index >= 15 is 0 Å². The van der Waals surface area contributed by atoms with Gasteiger partial charge in [0.05, 0.1) is 18.2 Å². The molecule has 1 aromatic carbocycles. The van der Waals surface area contributed by atoms with Gasteiger partial charge in [0.15, 0.2) is 11.5 Å². The van der Waals surface area contributed by atoms with Gasteiger partial charge in [-0.15, -0.1) is 12.4 Å². The number of hydrogen-bond acceptors (Lipinski definition) is 4. The van der Waals surface area contributed by atoms with Gasteiger partial charge in [0.25, 0.3) is 5.91 Å².